The fourth-order valence-corrected chi connectivity index (χ4v) is 1.92. The summed E-state index contributed by atoms with van der Waals surface area (Å²) in [6.45, 7) is 0. The molecule has 0 spiro atoms. The molecule has 0 aliphatic heterocycles. The van der Waals surface area contributed by atoms with Crippen LogP contribution in [0, 0.1) is 0 Å². The number of carbonyl (C=O) groups excluding carboxylic acids is 3. The molecule has 24 heavy (non-hydrogen) atoms. The Morgan fingerprint density at radius 2 is 1.46 bits per heavy atom. The predicted molar refractivity (Wildman–Crippen MR) is 82.9 cm³/mol. The summed E-state index contributed by atoms with van der Waals surface area (Å²) in [6.07, 6.45) is 1.71. The summed E-state index contributed by atoms with van der Waals surface area (Å²) in [5.41, 5.74) is 4.32. The van der Waals surface area contributed by atoms with Gasteiger partial charge >= 0.3 is 11.8 Å². The highest BCUT2D eigenvalue weighted by molar-refractivity contribution is 6.35. The van der Waals surface area contributed by atoms with Crippen LogP contribution in [-0.2, 0) is 9.59 Å². The van der Waals surface area contributed by atoms with Crippen LogP contribution in [0.25, 0.3) is 0 Å². The Kier molecular flexibility index (Phi) is 5.46. The van der Waals surface area contributed by atoms with Gasteiger partial charge < -0.3 is 19.5 Å². The molecule has 1 aliphatic rings. The Morgan fingerprint density at radius 1 is 0.875 bits per heavy atom. The first-order valence-corrected chi connectivity index (χ1v) is 7.21. The van der Waals surface area contributed by atoms with E-state index in [1.807, 2.05) is 0 Å². The number of hydrogen-bond acceptors (Lipinski definition) is 6. The van der Waals surface area contributed by atoms with E-state index in [0.717, 1.165) is 12.8 Å². The van der Waals surface area contributed by atoms with Crippen molar-refractivity contribution in [2.45, 2.75) is 18.9 Å². The van der Waals surface area contributed by atoms with Crippen LogP contribution in [0.4, 0.5) is 0 Å². The van der Waals surface area contributed by atoms with Crippen LogP contribution in [0.1, 0.15) is 23.2 Å². The highest BCUT2D eigenvalue weighted by Crippen LogP contribution is 2.34. The van der Waals surface area contributed by atoms with Gasteiger partial charge in [0.1, 0.15) is 5.75 Å². The standard InChI is InChI=1S/C15H19N3O6/c1-22-10-7-12(24-3)11(23-2)6-9(10)13(19)17-18-15(21)14(20)16-8-4-5-8/h6-8H,4-5H2,1-3H3,(H,16,20)(H,17,19)(H,18,21). The van der Waals surface area contributed by atoms with Crippen molar-refractivity contribution in [3.63, 3.8) is 0 Å². The summed E-state index contributed by atoms with van der Waals surface area (Å²) in [4.78, 5) is 35.3. The van der Waals surface area contributed by atoms with Crippen molar-refractivity contribution in [1.82, 2.24) is 16.2 Å². The lowest BCUT2D eigenvalue weighted by Gasteiger charge is -2.14. The minimum atomic E-state index is -0.949. The molecule has 0 unspecified atom stereocenters. The molecule has 1 saturated carbocycles. The smallest absolute Gasteiger partial charge is 0.327 e. The number of ether oxygens (including phenoxy) is 3. The van der Waals surface area contributed by atoms with Gasteiger partial charge in [0.2, 0.25) is 0 Å². The molecule has 1 fully saturated rings. The number of nitrogens with one attached hydrogen (secondary N) is 3. The number of carbonyl (C=O) groups is 3. The molecule has 1 aromatic rings. The highest BCUT2D eigenvalue weighted by atomic mass is 16.5. The zero-order valence-electron chi connectivity index (χ0n) is 13.6. The van der Waals surface area contributed by atoms with Gasteiger partial charge in [-0.1, -0.05) is 0 Å². The van der Waals surface area contributed by atoms with E-state index in [4.69, 9.17) is 14.2 Å². The maximum absolute atomic E-state index is 12.2. The van der Waals surface area contributed by atoms with Crippen molar-refractivity contribution in [3.8, 4) is 17.2 Å². The number of hydrogen-bond donors (Lipinski definition) is 3. The molecule has 9 nitrogen and oxygen atoms in total. The maximum atomic E-state index is 12.2. The molecular weight excluding hydrogens is 318 g/mol. The maximum Gasteiger partial charge on any atom is 0.327 e. The number of hydrazine groups is 1. The molecule has 1 aliphatic carbocycles. The van der Waals surface area contributed by atoms with Crippen molar-refractivity contribution in [2.75, 3.05) is 21.3 Å². The second-order valence-corrected chi connectivity index (χ2v) is 5.06. The van der Waals surface area contributed by atoms with Crippen molar-refractivity contribution in [3.05, 3.63) is 17.7 Å². The summed E-state index contributed by atoms with van der Waals surface area (Å²) in [6, 6.07) is 2.93. The average Bonchev–Trinajstić information content (AvgIpc) is 3.41. The third kappa shape index (κ3) is 4.06. The number of methoxy groups -OCH3 is 3. The van der Waals surface area contributed by atoms with Gasteiger partial charge in [0.15, 0.2) is 11.5 Å². The zero-order valence-corrected chi connectivity index (χ0v) is 13.6. The van der Waals surface area contributed by atoms with Crippen LogP contribution < -0.4 is 30.4 Å². The Hall–Kier alpha value is -2.97. The highest BCUT2D eigenvalue weighted by Gasteiger charge is 2.27. The van der Waals surface area contributed by atoms with Gasteiger partial charge in [-0.2, -0.15) is 0 Å². The normalized spacial score (nSPS) is 12.8. The van der Waals surface area contributed by atoms with E-state index < -0.39 is 17.7 Å². The minimum Gasteiger partial charge on any atom is -0.496 e. The first kappa shape index (κ1) is 17.4. The van der Waals surface area contributed by atoms with E-state index in [0.29, 0.717) is 11.5 Å². The van der Waals surface area contributed by atoms with Gasteiger partial charge in [0.05, 0.1) is 26.9 Å². The minimum absolute atomic E-state index is 0.0462. The van der Waals surface area contributed by atoms with Gasteiger partial charge in [0.25, 0.3) is 5.91 Å². The van der Waals surface area contributed by atoms with Gasteiger partial charge in [-0.05, 0) is 12.8 Å². The number of rotatable bonds is 5. The Morgan fingerprint density at radius 3 is 2.00 bits per heavy atom. The van der Waals surface area contributed by atoms with Crippen molar-refractivity contribution < 1.29 is 28.6 Å². The van der Waals surface area contributed by atoms with E-state index >= 15 is 0 Å². The van der Waals surface area contributed by atoms with Gasteiger partial charge in [-0.3, -0.25) is 25.2 Å². The van der Waals surface area contributed by atoms with Crippen LogP contribution in [0.5, 0.6) is 17.2 Å². The van der Waals surface area contributed by atoms with Crippen LogP contribution in [0.2, 0.25) is 0 Å². The third-order valence-corrected chi connectivity index (χ3v) is 3.36. The van der Waals surface area contributed by atoms with Gasteiger partial charge in [-0.25, -0.2) is 0 Å². The average molecular weight is 337 g/mol. The van der Waals surface area contributed by atoms with Crippen LogP contribution in [0.15, 0.2) is 12.1 Å². The lowest BCUT2D eigenvalue weighted by Crippen LogP contribution is -2.49. The largest absolute Gasteiger partial charge is 0.496 e. The molecular formula is C15H19N3O6. The summed E-state index contributed by atoms with van der Waals surface area (Å²) >= 11 is 0. The number of benzene rings is 1. The van der Waals surface area contributed by atoms with E-state index in [2.05, 4.69) is 16.2 Å². The fourth-order valence-electron chi connectivity index (χ4n) is 1.92. The molecule has 0 radical (unpaired) electrons. The monoisotopic (exact) mass is 337 g/mol. The lowest BCUT2D eigenvalue weighted by molar-refractivity contribution is -0.139. The molecule has 0 bridgehead atoms. The van der Waals surface area contributed by atoms with Crippen LogP contribution in [0.3, 0.4) is 0 Å². The zero-order chi connectivity index (χ0) is 17.7. The Bertz CT molecular complexity index is 657. The van der Waals surface area contributed by atoms with E-state index in [1.54, 1.807) is 0 Å². The second-order valence-electron chi connectivity index (χ2n) is 5.06. The quantitative estimate of drug-likeness (QED) is 0.504. The summed E-state index contributed by atoms with van der Waals surface area (Å²) in [7, 11) is 4.27. The van der Waals surface area contributed by atoms with Crippen molar-refractivity contribution >= 4 is 17.7 Å². The van der Waals surface area contributed by atoms with Crippen molar-refractivity contribution in [2.24, 2.45) is 0 Å². The topological polar surface area (TPSA) is 115 Å². The van der Waals surface area contributed by atoms with E-state index in [9.17, 15) is 14.4 Å². The molecule has 2 rings (SSSR count). The molecule has 130 valence electrons. The molecule has 3 N–H and O–H groups in total. The Balaban J connectivity index is 2.05. The van der Waals surface area contributed by atoms with Gasteiger partial charge in [-0.15, -0.1) is 0 Å². The second kappa shape index (κ2) is 7.53. The molecule has 3 amide bonds. The molecule has 9 heteroatoms. The lowest BCUT2D eigenvalue weighted by atomic mass is 10.1. The molecule has 1 aromatic carbocycles. The van der Waals surface area contributed by atoms with E-state index in [-0.39, 0.29) is 17.4 Å². The Labute approximate surface area is 138 Å². The molecule has 0 atom stereocenters. The van der Waals surface area contributed by atoms with E-state index in [1.165, 1.54) is 33.5 Å². The number of amides is 3. The summed E-state index contributed by atoms with van der Waals surface area (Å²) in [5.74, 6) is -1.48. The fraction of sp³-hybridized carbons (Fsp3) is 0.400. The predicted octanol–water partition coefficient (Wildman–Crippen LogP) is -0.248. The van der Waals surface area contributed by atoms with Crippen LogP contribution >= 0.6 is 0 Å². The molecule has 0 heterocycles. The summed E-state index contributed by atoms with van der Waals surface area (Å²) in [5, 5.41) is 2.51. The van der Waals surface area contributed by atoms with Crippen molar-refractivity contribution in [1.29, 1.82) is 0 Å². The first-order valence-electron chi connectivity index (χ1n) is 7.21. The molecule has 0 aromatic heterocycles. The SMILES string of the molecule is COc1cc(OC)c(C(=O)NNC(=O)C(=O)NC2CC2)cc1OC. The first-order chi connectivity index (χ1) is 11.5. The van der Waals surface area contributed by atoms with Gasteiger partial charge in [0, 0.05) is 18.2 Å². The third-order valence-electron chi connectivity index (χ3n) is 3.36. The van der Waals surface area contributed by atoms with Crippen LogP contribution in [-0.4, -0.2) is 45.1 Å². The molecule has 0 saturated heterocycles. The summed E-state index contributed by atoms with van der Waals surface area (Å²) < 4.78 is 15.4.